The van der Waals surface area contributed by atoms with Gasteiger partial charge in [-0.25, -0.2) is 28.5 Å². The summed E-state index contributed by atoms with van der Waals surface area (Å²) >= 11 is 0. The van der Waals surface area contributed by atoms with E-state index < -0.39 is 10.0 Å². The van der Waals surface area contributed by atoms with Crippen LogP contribution in [0, 0.1) is 0 Å². The van der Waals surface area contributed by atoms with E-state index in [1.165, 1.54) is 18.5 Å². The molecule has 0 aliphatic rings. The Labute approximate surface area is 208 Å². The third-order valence-electron chi connectivity index (χ3n) is 5.54. The summed E-state index contributed by atoms with van der Waals surface area (Å²) in [5, 5.41) is 9.52. The van der Waals surface area contributed by atoms with E-state index in [0.29, 0.717) is 35.1 Å². The molecular weight excluding hydrogens is 476 g/mol. The Morgan fingerprint density at radius 2 is 1.69 bits per heavy atom. The van der Waals surface area contributed by atoms with Gasteiger partial charge in [0.2, 0.25) is 15.9 Å². The summed E-state index contributed by atoms with van der Waals surface area (Å²) in [6, 6.07) is 22.7. The lowest BCUT2D eigenvalue weighted by Gasteiger charge is -2.15. The maximum absolute atomic E-state index is 11.9. The van der Waals surface area contributed by atoms with Gasteiger partial charge in [-0.05, 0) is 29.3 Å². The minimum atomic E-state index is -3.94. The highest BCUT2D eigenvalue weighted by Crippen LogP contribution is 2.34. The van der Waals surface area contributed by atoms with Crippen molar-refractivity contribution in [2.45, 2.75) is 11.4 Å². The first-order valence-electron chi connectivity index (χ1n) is 11.0. The Morgan fingerprint density at radius 1 is 0.889 bits per heavy atom. The molecule has 0 radical (unpaired) electrons. The normalized spacial score (nSPS) is 11.4. The average molecular weight is 499 g/mol. The highest BCUT2D eigenvalue weighted by molar-refractivity contribution is 7.89. The molecule has 3 aromatic heterocycles. The molecule has 0 aliphatic carbocycles. The zero-order valence-electron chi connectivity index (χ0n) is 19.3. The molecule has 0 fully saturated rings. The first kappa shape index (κ1) is 23.3. The molecule has 0 atom stereocenters. The lowest BCUT2D eigenvalue weighted by Crippen LogP contribution is -2.12. The van der Waals surface area contributed by atoms with Crippen LogP contribution in [0.15, 0.2) is 90.1 Å². The molecule has 0 aliphatic heterocycles. The highest BCUT2D eigenvalue weighted by Gasteiger charge is 2.16. The van der Waals surface area contributed by atoms with Gasteiger partial charge in [-0.1, -0.05) is 48.5 Å². The van der Waals surface area contributed by atoms with Crippen LogP contribution >= 0.6 is 0 Å². The number of ether oxygens (including phenoxy) is 1. The van der Waals surface area contributed by atoms with Gasteiger partial charge < -0.3 is 10.1 Å². The number of sulfonamides is 1. The van der Waals surface area contributed by atoms with E-state index >= 15 is 0 Å². The smallest absolute Gasteiger partial charge is 0.239 e. The topological polar surface area (TPSA) is 133 Å². The number of pyridine rings is 2. The molecule has 2 aromatic carbocycles. The van der Waals surface area contributed by atoms with Crippen LogP contribution in [0.3, 0.4) is 0 Å². The molecular formula is C26H22N6O3S. The third-order valence-corrected chi connectivity index (χ3v) is 6.42. The van der Waals surface area contributed by atoms with E-state index in [1.54, 1.807) is 13.2 Å². The number of hydrogen-bond acceptors (Lipinski definition) is 8. The molecule has 5 aromatic rings. The molecule has 0 saturated carbocycles. The monoisotopic (exact) mass is 498 g/mol. The largest absolute Gasteiger partial charge is 0.481 e. The summed E-state index contributed by atoms with van der Waals surface area (Å²) in [6.07, 6.45) is 2.70. The third kappa shape index (κ3) is 4.85. The number of hydrogen-bond donors (Lipinski definition) is 2. The Morgan fingerprint density at radius 3 is 2.47 bits per heavy atom. The molecule has 9 nitrogen and oxygen atoms in total. The van der Waals surface area contributed by atoms with E-state index in [2.05, 4.69) is 15.3 Å². The summed E-state index contributed by atoms with van der Waals surface area (Å²) < 4.78 is 29.0. The number of methoxy groups -OCH3 is 1. The second kappa shape index (κ2) is 9.68. The summed E-state index contributed by atoms with van der Waals surface area (Å²) in [6.45, 7) is 0.376. The molecule has 0 spiro atoms. The van der Waals surface area contributed by atoms with Gasteiger partial charge in [-0.2, -0.15) is 0 Å². The van der Waals surface area contributed by atoms with Crippen LogP contribution in [-0.4, -0.2) is 35.5 Å². The lowest BCUT2D eigenvalue weighted by atomic mass is 10.0. The van der Waals surface area contributed by atoms with Crippen LogP contribution in [0.5, 0.6) is 5.88 Å². The van der Waals surface area contributed by atoms with Crippen molar-refractivity contribution < 1.29 is 13.2 Å². The van der Waals surface area contributed by atoms with Gasteiger partial charge in [-0.3, -0.25) is 4.98 Å². The second-order valence-electron chi connectivity index (χ2n) is 7.94. The van der Waals surface area contributed by atoms with Crippen molar-refractivity contribution in [3.8, 4) is 28.4 Å². The number of primary sulfonamides is 1. The molecule has 36 heavy (non-hydrogen) atoms. The highest BCUT2D eigenvalue weighted by atomic mass is 32.2. The minimum absolute atomic E-state index is 0.114. The SMILES string of the molecule is COc1cccc(CNc2nc(-c3cncc(S(N)(=O)=O)c3)nc3cccc(-c4ccccc4)c23)n1. The second-order valence-corrected chi connectivity index (χ2v) is 9.50. The van der Waals surface area contributed by atoms with Crippen LogP contribution in [0.1, 0.15) is 5.69 Å². The van der Waals surface area contributed by atoms with Crippen LogP contribution in [0.2, 0.25) is 0 Å². The van der Waals surface area contributed by atoms with Crippen LogP contribution in [0.25, 0.3) is 33.4 Å². The van der Waals surface area contributed by atoms with Crippen LogP contribution in [-0.2, 0) is 16.6 Å². The number of benzene rings is 2. The van der Waals surface area contributed by atoms with Crippen molar-refractivity contribution in [2.24, 2.45) is 5.14 Å². The molecule has 0 bridgehead atoms. The fourth-order valence-electron chi connectivity index (χ4n) is 3.84. The fraction of sp³-hybridized carbons (Fsp3) is 0.0769. The van der Waals surface area contributed by atoms with E-state index in [-0.39, 0.29) is 4.90 Å². The van der Waals surface area contributed by atoms with Crippen molar-refractivity contribution in [1.29, 1.82) is 0 Å². The molecule has 3 heterocycles. The standard InChI is InChI=1S/C26H22N6O3S/c1-35-23-12-5-9-19(30-23)15-29-26-24-21(17-7-3-2-4-8-17)10-6-11-22(24)31-25(32-26)18-13-20(16-28-14-18)36(27,33)34/h2-14,16H,15H2,1H3,(H2,27,33,34)(H,29,31,32). The Hall–Kier alpha value is -4.41. The van der Waals surface area contributed by atoms with Gasteiger partial charge in [0.1, 0.15) is 10.7 Å². The van der Waals surface area contributed by atoms with Crippen molar-refractivity contribution in [2.75, 3.05) is 12.4 Å². The summed E-state index contributed by atoms with van der Waals surface area (Å²) in [4.78, 5) is 17.9. The lowest BCUT2D eigenvalue weighted by molar-refractivity contribution is 0.396. The van der Waals surface area contributed by atoms with Gasteiger partial charge in [0.15, 0.2) is 5.82 Å². The van der Waals surface area contributed by atoms with Crippen molar-refractivity contribution >= 4 is 26.7 Å². The Kier molecular flexibility index (Phi) is 6.28. The van der Waals surface area contributed by atoms with E-state index in [0.717, 1.165) is 22.2 Å². The van der Waals surface area contributed by atoms with Crippen molar-refractivity contribution in [1.82, 2.24) is 19.9 Å². The van der Waals surface area contributed by atoms with E-state index in [4.69, 9.17) is 19.8 Å². The van der Waals surface area contributed by atoms with Gasteiger partial charge in [0.25, 0.3) is 0 Å². The number of aromatic nitrogens is 4. The van der Waals surface area contributed by atoms with E-state index in [9.17, 15) is 8.42 Å². The molecule has 0 saturated heterocycles. The number of fused-ring (bicyclic) bond motifs is 1. The van der Waals surface area contributed by atoms with Gasteiger partial charge >= 0.3 is 0 Å². The first-order valence-corrected chi connectivity index (χ1v) is 12.6. The summed E-state index contributed by atoms with van der Waals surface area (Å²) in [5.74, 6) is 1.39. The number of nitrogens with zero attached hydrogens (tertiary/aromatic N) is 4. The van der Waals surface area contributed by atoms with Crippen LogP contribution < -0.4 is 15.2 Å². The number of anilines is 1. The molecule has 180 valence electrons. The molecule has 10 heteroatoms. The zero-order chi connectivity index (χ0) is 25.1. The van der Waals surface area contributed by atoms with Gasteiger partial charge in [0.05, 0.1) is 30.3 Å². The number of nitrogens with one attached hydrogen (secondary N) is 1. The first-order chi connectivity index (χ1) is 17.4. The Bertz CT molecular complexity index is 1660. The molecule has 0 amide bonds. The summed E-state index contributed by atoms with van der Waals surface area (Å²) in [7, 11) is -2.37. The maximum atomic E-state index is 11.9. The van der Waals surface area contributed by atoms with E-state index in [1.807, 2.05) is 60.7 Å². The number of nitrogens with two attached hydrogens (primary N) is 1. The summed E-state index contributed by atoms with van der Waals surface area (Å²) in [5.41, 5.74) is 3.84. The molecule has 0 unspecified atom stereocenters. The predicted octanol–water partition coefficient (Wildman–Crippen LogP) is 4.02. The Balaban J connectivity index is 1.67. The minimum Gasteiger partial charge on any atom is -0.481 e. The molecule has 5 rings (SSSR count). The maximum Gasteiger partial charge on any atom is 0.239 e. The predicted molar refractivity (Wildman–Crippen MR) is 138 cm³/mol. The fourth-order valence-corrected chi connectivity index (χ4v) is 4.34. The average Bonchev–Trinajstić information content (AvgIpc) is 2.91. The van der Waals surface area contributed by atoms with Crippen LogP contribution in [0.4, 0.5) is 5.82 Å². The number of rotatable bonds is 7. The molecule has 3 N–H and O–H groups in total. The van der Waals surface area contributed by atoms with Crippen molar-refractivity contribution in [3.05, 3.63) is 90.9 Å². The van der Waals surface area contributed by atoms with Gasteiger partial charge in [-0.15, -0.1) is 0 Å². The van der Waals surface area contributed by atoms with Gasteiger partial charge in [0, 0.05) is 24.0 Å². The van der Waals surface area contributed by atoms with Crippen molar-refractivity contribution in [3.63, 3.8) is 0 Å². The zero-order valence-corrected chi connectivity index (χ0v) is 20.1. The quantitative estimate of drug-likeness (QED) is 0.344.